The van der Waals surface area contributed by atoms with Crippen molar-refractivity contribution in [2.24, 2.45) is 5.92 Å². The molecule has 0 atom stereocenters. The summed E-state index contributed by atoms with van der Waals surface area (Å²) in [5.74, 6) is 3.13. The van der Waals surface area contributed by atoms with Gasteiger partial charge in [-0.3, -0.25) is 0 Å². The predicted molar refractivity (Wildman–Crippen MR) is 75.7 cm³/mol. The third-order valence-corrected chi connectivity index (χ3v) is 5.43. The number of sulfonamides is 1. The Morgan fingerprint density at radius 2 is 1.89 bits per heavy atom. The van der Waals surface area contributed by atoms with Crippen molar-refractivity contribution >= 4 is 10.0 Å². The van der Waals surface area contributed by atoms with E-state index in [0.29, 0.717) is 12.3 Å². The van der Waals surface area contributed by atoms with Gasteiger partial charge in [0.15, 0.2) is 0 Å². The summed E-state index contributed by atoms with van der Waals surface area (Å²) in [6, 6.07) is 0.131. The predicted octanol–water partition coefficient (Wildman–Crippen LogP) is 2.63. The smallest absolute Gasteiger partial charge is 0.212 e. The zero-order chi connectivity index (χ0) is 13.6. The fraction of sp³-hybridized carbons (Fsp3) is 0.857. The maximum absolute atomic E-state index is 12.4. The molecule has 0 saturated heterocycles. The van der Waals surface area contributed by atoms with Crippen LogP contribution in [-0.4, -0.2) is 31.1 Å². The summed E-state index contributed by atoms with van der Waals surface area (Å²) in [5.41, 5.74) is 0. The molecule has 0 radical (unpaired) electrons. The van der Waals surface area contributed by atoms with Gasteiger partial charge in [0, 0.05) is 6.04 Å². The van der Waals surface area contributed by atoms with Crippen molar-refractivity contribution in [3.63, 3.8) is 0 Å². The SMILES string of the molecule is C#CCN(C1CCCCC1)S(=O)(=O)CCC(C)C. The molecule has 18 heavy (non-hydrogen) atoms. The lowest BCUT2D eigenvalue weighted by molar-refractivity contribution is 0.271. The van der Waals surface area contributed by atoms with Gasteiger partial charge in [0.1, 0.15) is 0 Å². The van der Waals surface area contributed by atoms with Crippen LogP contribution in [0.4, 0.5) is 0 Å². The monoisotopic (exact) mass is 271 g/mol. The standard InChI is InChI=1S/C14H25NO2S/c1-4-11-15(14-8-6-5-7-9-14)18(16,17)12-10-13(2)3/h1,13-14H,5-12H2,2-3H3. The van der Waals surface area contributed by atoms with Crippen LogP contribution in [0.1, 0.15) is 52.4 Å². The number of rotatable bonds is 6. The molecule has 1 rings (SSSR count). The van der Waals surface area contributed by atoms with Gasteiger partial charge in [0.2, 0.25) is 10.0 Å². The second-order valence-corrected chi connectivity index (χ2v) is 7.58. The van der Waals surface area contributed by atoms with Crippen LogP contribution in [-0.2, 0) is 10.0 Å². The molecule has 0 aromatic heterocycles. The Labute approximate surface area is 112 Å². The molecule has 0 unspecified atom stereocenters. The summed E-state index contributed by atoms with van der Waals surface area (Å²) in [6.07, 6.45) is 11.4. The van der Waals surface area contributed by atoms with E-state index in [4.69, 9.17) is 6.42 Å². The summed E-state index contributed by atoms with van der Waals surface area (Å²) in [6.45, 7) is 4.31. The summed E-state index contributed by atoms with van der Waals surface area (Å²) >= 11 is 0. The van der Waals surface area contributed by atoms with Gasteiger partial charge in [-0.15, -0.1) is 6.42 Å². The van der Waals surface area contributed by atoms with Gasteiger partial charge in [-0.1, -0.05) is 39.0 Å². The summed E-state index contributed by atoms with van der Waals surface area (Å²) < 4.78 is 26.3. The quantitative estimate of drug-likeness (QED) is 0.696. The molecule has 3 nitrogen and oxygen atoms in total. The van der Waals surface area contributed by atoms with E-state index in [0.717, 1.165) is 25.7 Å². The molecule has 0 bridgehead atoms. The fourth-order valence-corrected chi connectivity index (χ4v) is 4.36. The first kappa shape index (κ1) is 15.5. The molecule has 4 heteroatoms. The second-order valence-electron chi connectivity index (χ2n) is 5.54. The minimum absolute atomic E-state index is 0.131. The van der Waals surface area contributed by atoms with E-state index in [-0.39, 0.29) is 18.3 Å². The van der Waals surface area contributed by atoms with Crippen LogP contribution in [0.2, 0.25) is 0 Å². The lowest BCUT2D eigenvalue weighted by atomic mass is 9.95. The van der Waals surface area contributed by atoms with Crippen molar-refractivity contribution < 1.29 is 8.42 Å². The van der Waals surface area contributed by atoms with E-state index in [1.807, 2.05) is 13.8 Å². The van der Waals surface area contributed by atoms with Crippen LogP contribution in [0.3, 0.4) is 0 Å². The van der Waals surface area contributed by atoms with Crippen LogP contribution >= 0.6 is 0 Å². The fourth-order valence-electron chi connectivity index (χ4n) is 2.42. The molecule has 0 spiro atoms. The molecule has 1 saturated carbocycles. The van der Waals surface area contributed by atoms with Gasteiger partial charge in [-0.05, 0) is 25.2 Å². The largest absolute Gasteiger partial charge is 0.215 e. The maximum Gasteiger partial charge on any atom is 0.215 e. The average Bonchev–Trinajstić information content (AvgIpc) is 2.34. The van der Waals surface area contributed by atoms with E-state index in [2.05, 4.69) is 5.92 Å². The maximum atomic E-state index is 12.4. The van der Waals surface area contributed by atoms with E-state index >= 15 is 0 Å². The molecule has 1 aliphatic carbocycles. The van der Waals surface area contributed by atoms with Crippen LogP contribution < -0.4 is 0 Å². The minimum Gasteiger partial charge on any atom is -0.212 e. The molecule has 0 heterocycles. The third-order valence-electron chi connectivity index (χ3n) is 3.54. The highest BCUT2D eigenvalue weighted by molar-refractivity contribution is 7.89. The number of terminal acetylenes is 1. The molecule has 0 amide bonds. The number of nitrogens with zero attached hydrogens (tertiary/aromatic N) is 1. The highest BCUT2D eigenvalue weighted by Gasteiger charge is 2.30. The van der Waals surface area contributed by atoms with Gasteiger partial charge in [0.05, 0.1) is 12.3 Å². The Morgan fingerprint density at radius 3 is 2.39 bits per heavy atom. The van der Waals surface area contributed by atoms with E-state index < -0.39 is 10.0 Å². The van der Waals surface area contributed by atoms with Gasteiger partial charge in [-0.2, -0.15) is 4.31 Å². The topological polar surface area (TPSA) is 37.4 Å². The van der Waals surface area contributed by atoms with E-state index in [9.17, 15) is 8.42 Å². The van der Waals surface area contributed by atoms with Crippen molar-refractivity contribution in [1.82, 2.24) is 4.31 Å². The molecule has 0 aromatic carbocycles. The molecule has 1 fully saturated rings. The highest BCUT2D eigenvalue weighted by Crippen LogP contribution is 2.25. The van der Waals surface area contributed by atoms with Gasteiger partial charge < -0.3 is 0 Å². The summed E-state index contributed by atoms with van der Waals surface area (Å²) in [7, 11) is -3.19. The summed E-state index contributed by atoms with van der Waals surface area (Å²) in [4.78, 5) is 0. The van der Waals surface area contributed by atoms with E-state index in [1.165, 1.54) is 6.42 Å². The lowest BCUT2D eigenvalue weighted by Crippen LogP contribution is -2.43. The first-order valence-electron chi connectivity index (χ1n) is 6.90. The lowest BCUT2D eigenvalue weighted by Gasteiger charge is -2.32. The first-order chi connectivity index (χ1) is 8.47. The second kappa shape index (κ2) is 7.16. The average molecular weight is 271 g/mol. The molecular weight excluding hydrogens is 246 g/mol. The van der Waals surface area contributed by atoms with Crippen molar-refractivity contribution in [1.29, 1.82) is 0 Å². The third kappa shape index (κ3) is 4.62. The van der Waals surface area contributed by atoms with Crippen LogP contribution in [0.15, 0.2) is 0 Å². The first-order valence-corrected chi connectivity index (χ1v) is 8.51. The van der Waals surface area contributed by atoms with E-state index in [1.54, 1.807) is 4.31 Å². The highest BCUT2D eigenvalue weighted by atomic mass is 32.2. The molecule has 0 N–H and O–H groups in total. The minimum atomic E-state index is -3.19. The van der Waals surface area contributed by atoms with Crippen molar-refractivity contribution in [3.8, 4) is 12.3 Å². The molecule has 1 aliphatic rings. The van der Waals surface area contributed by atoms with Crippen molar-refractivity contribution in [2.75, 3.05) is 12.3 Å². The van der Waals surface area contributed by atoms with Crippen molar-refractivity contribution in [3.05, 3.63) is 0 Å². The molecule has 0 aliphatic heterocycles. The number of hydrogen-bond acceptors (Lipinski definition) is 2. The Morgan fingerprint density at radius 1 is 1.28 bits per heavy atom. The number of hydrogen-bond donors (Lipinski definition) is 0. The Kier molecular flexibility index (Phi) is 6.17. The van der Waals surface area contributed by atoms with Crippen LogP contribution in [0.5, 0.6) is 0 Å². The zero-order valence-electron chi connectivity index (χ0n) is 11.6. The Balaban J connectivity index is 2.73. The zero-order valence-corrected chi connectivity index (χ0v) is 12.4. The molecule has 104 valence electrons. The van der Waals surface area contributed by atoms with Crippen molar-refractivity contribution in [2.45, 2.75) is 58.4 Å². The Hall–Kier alpha value is -0.530. The molecular formula is C14H25NO2S. The molecule has 0 aromatic rings. The summed E-state index contributed by atoms with van der Waals surface area (Å²) in [5, 5.41) is 0. The van der Waals surface area contributed by atoms with Gasteiger partial charge in [0.25, 0.3) is 0 Å². The van der Waals surface area contributed by atoms with Crippen LogP contribution in [0, 0.1) is 18.3 Å². The van der Waals surface area contributed by atoms with Gasteiger partial charge >= 0.3 is 0 Å². The van der Waals surface area contributed by atoms with Gasteiger partial charge in [-0.25, -0.2) is 8.42 Å². The Bertz CT molecular complexity index is 375. The van der Waals surface area contributed by atoms with Crippen LogP contribution in [0.25, 0.3) is 0 Å². The normalized spacial score (nSPS) is 18.2.